The van der Waals surface area contributed by atoms with Crippen LogP contribution in [0.5, 0.6) is 0 Å². The summed E-state index contributed by atoms with van der Waals surface area (Å²) in [4.78, 5) is 22.7. The highest BCUT2D eigenvalue weighted by Crippen LogP contribution is 2.22. The normalized spacial score (nSPS) is 10.3. The molecule has 4 nitrogen and oxygen atoms in total. The Bertz CT molecular complexity index is 657. The summed E-state index contributed by atoms with van der Waals surface area (Å²) in [7, 11) is 0. The molecule has 0 unspecified atom stereocenters. The fourth-order valence-corrected chi connectivity index (χ4v) is 3.33. The van der Waals surface area contributed by atoms with Crippen molar-refractivity contribution in [2.75, 3.05) is 11.1 Å². The molecular weight excluding hydrogens is 330 g/mol. The van der Waals surface area contributed by atoms with Gasteiger partial charge in [-0.3, -0.25) is 4.79 Å². The van der Waals surface area contributed by atoms with E-state index in [1.165, 1.54) is 17.8 Å². The van der Waals surface area contributed by atoms with Gasteiger partial charge in [0.25, 0.3) is 0 Å². The molecule has 110 valence electrons. The van der Waals surface area contributed by atoms with E-state index in [0.717, 1.165) is 16.9 Å². The molecule has 2 rings (SSSR count). The summed E-state index contributed by atoms with van der Waals surface area (Å²) in [6, 6.07) is 10.6. The van der Waals surface area contributed by atoms with E-state index >= 15 is 0 Å². The summed E-state index contributed by atoms with van der Waals surface area (Å²) in [6.07, 6.45) is 0. The Hall–Kier alpha value is -1.50. The smallest absolute Gasteiger partial charge is 0.345 e. The predicted molar refractivity (Wildman–Crippen MR) is 87.5 cm³/mol. The van der Waals surface area contributed by atoms with Gasteiger partial charge in [-0.05, 0) is 29.8 Å². The van der Waals surface area contributed by atoms with Crippen LogP contribution in [0.4, 0.5) is 5.00 Å². The number of carboxylic acids is 1. The third-order valence-corrected chi connectivity index (χ3v) is 4.70. The molecule has 7 heteroatoms. The number of thioether (sulfide) groups is 1. The number of benzene rings is 1. The largest absolute Gasteiger partial charge is 0.477 e. The molecule has 0 aliphatic heterocycles. The van der Waals surface area contributed by atoms with Crippen LogP contribution >= 0.6 is 34.7 Å². The number of halogens is 1. The van der Waals surface area contributed by atoms with Gasteiger partial charge < -0.3 is 10.4 Å². The van der Waals surface area contributed by atoms with Crippen molar-refractivity contribution in [2.24, 2.45) is 0 Å². The summed E-state index contributed by atoms with van der Waals surface area (Å²) in [5.74, 6) is -0.150. The maximum atomic E-state index is 11.7. The van der Waals surface area contributed by atoms with Gasteiger partial charge in [0.15, 0.2) is 0 Å². The molecular formula is C14H12ClNO3S2. The lowest BCUT2D eigenvalue weighted by Crippen LogP contribution is -2.13. The molecule has 2 aromatic rings. The van der Waals surface area contributed by atoms with E-state index in [-0.39, 0.29) is 10.8 Å². The number of carbonyl (C=O) groups excluding carboxylic acids is 1. The topological polar surface area (TPSA) is 66.4 Å². The molecule has 1 aromatic carbocycles. The highest BCUT2D eigenvalue weighted by Gasteiger charge is 2.09. The van der Waals surface area contributed by atoms with Crippen molar-refractivity contribution in [3.8, 4) is 0 Å². The quantitative estimate of drug-likeness (QED) is 0.834. The van der Waals surface area contributed by atoms with Crippen LogP contribution in [0.1, 0.15) is 15.2 Å². The minimum absolute atomic E-state index is 0.152. The Morgan fingerprint density at radius 2 is 2.10 bits per heavy atom. The molecule has 0 saturated carbocycles. The summed E-state index contributed by atoms with van der Waals surface area (Å²) in [6.45, 7) is 0. The molecule has 1 heterocycles. The van der Waals surface area contributed by atoms with E-state index in [9.17, 15) is 9.59 Å². The molecule has 0 atom stereocenters. The molecule has 0 spiro atoms. The fourth-order valence-electron chi connectivity index (χ4n) is 1.58. The van der Waals surface area contributed by atoms with E-state index in [1.807, 2.05) is 18.2 Å². The lowest BCUT2D eigenvalue weighted by Gasteiger charge is -2.03. The SMILES string of the molecule is O=C(CSCc1cccc(Cl)c1)Nc1ccc(C(=O)O)s1. The summed E-state index contributed by atoms with van der Waals surface area (Å²) >= 11 is 8.40. The molecule has 0 radical (unpaired) electrons. The van der Waals surface area contributed by atoms with E-state index < -0.39 is 5.97 Å². The van der Waals surface area contributed by atoms with Crippen LogP contribution in [0.3, 0.4) is 0 Å². The van der Waals surface area contributed by atoms with Crippen molar-refractivity contribution < 1.29 is 14.7 Å². The number of hydrogen-bond acceptors (Lipinski definition) is 4. The summed E-state index contributed by atoms with van der Waals surface area (Å²) < 4.78 is 0. The molecule has 0 saturated heterocycles. The van der Waals surface area contributed by atoms with Crippen LogP contribution in [0.15, 0.2) is 36.4 Å². The molecule has 1 amide bonds. The van der Waals surface area contributed by atoms with E-state index in [1.54, 1.807) is 12.1 Å². The van der Waals surface area contributed by atoms with Gasteiger partial charge in [0, 0.05) is 10.8 Å². The Morgan fingerprint density at radius 3 is 2.76 bits per heavy atom. The highest BCUT2D eigenvalue weighted by molar-refractivity contribution is 7.99. The van der Waals surface area contributed by atoms with E-state index in [2.05, 4.69) is 5.32 Å². The average molecular weight is 342 g/mol. The van der Waals surface area contributed by atoms with Gasteiger partial charge in [0.05, 0.1) is 10.8 Å². The first-order chi connectivity index (χ1) is 10.0. The summed E-state index contributed by atoms with van der Waals surface area (Å²) in [5, 5.41) is 12.7. The monoisotopic (exact) mass is 341 g/mol. The number of hydrogen-bond donors (Lipinski definition) is 2. The molecule has 2 N–H and O–H groups in total. The molecule has 0 bridgehead atoms. The zero-order chi connectivity index (χ0) is 15.2. The van der Waals surface area contributed by atoms with Crippen molar-refractivity contribution in [2.45, 2.75) is 5.75 Å². The van der Waals surface area contributed by atoms with Gasteiger partial charge >= 0.3 is 5.97 Å². The van der Waals surface area contributed by atoms with Crippen LogP contribution in [-0.4, -0.2) is 22.7 Å². The number of nitrogens with one attached hydrogen (secondary N) is 1. The van der Waals surface area contributed by atoms with Gasteiger partial charge in [-0.2, -0.15) is 0 Å². The zero-order valence-corrected chi connectivity index (χ0v) is 13.2. The van der Waals surface area contributed by atoms with Crippen LogP contribution in [0.2, 0.25) is 5.02 Å². The number of amides is 1. The third kappa shape index (κ3) is 5.08. The highest BCUT2D eigenvalue weighted by atomic mass is 35.5. The minimum atomic E-state index is -0.990. The summed E-state index contributed by atoms with van der Waals surface area (Å²) in [5.41, 5.74) is 1.06. The van der Waals surface area contributed by atoms with Crippen molar-refractivity contribution in [1.82, 2.24) is 0 Å². The molecule has 0 aliphatic carbocycles. The van der Waals surface area contributed by atoms with Crippen molar-refractivity contribution in [3.63, 3.8) is 0 Å². The number of thiophene rings is 1. The number of carboxylic acid groups (broad SMARTS) is 1. The first-order valence-corrected chi connectivity index (χ1v) is 8.34. The van der Waals surface area contributed by atoms with Crippen LogP contribution in [0.25, 0.3) is 0 Å². The molecule has 1 aromatic heterocycles. The minimum Gasteiger partial charge on any atom is -0.477 e. The van der Waals surface area contributed by atoms with Crippen molar-refractivity contribution >= 4 is 51.6 Å². The maximum absolute atomic E-state index is 11.7. The van der Waals surface area contributed by atoms with Crippen LogP contribution < -0.4 is 5.32 Å². The van der Waals surface area contributed by atoms with E-state index in [0.29, 0.717) is 21.5 Å². The third-order valence-electron chi connectivity index (χ3n) is 2.47. The second-order valence-corrected chi connectivity index (χ2v) is 6.65. The van der Waals surface area contributed by atoms with Gasteiger partial charge in [0.1, 0.15) is 4.88 Å². The fraction of sp³-hybridized carbons (Fsp3) is 0.143. The average Bonchev–Trinajstić information content (AvgIpc) is 2.87. The van der Waals surface area contributed by atoms with Gasteiger partial charge in [0.2, 0.25) is 5.91 Å². The Balaban J connectivity index is 1.78. The Morgan fingerprint density at radius 1 is 1.29 bits per heavy atom. The Labute approximate surface area is 135 Å². The lowest BCUT2D eigenvalue weighted by molar-refractivity contribution is -0.113. The first kappa shape index (κ1) is 15.9. The lowest BCUT2D eigenvalue weighted by atomic mass is 10.2. The van der Waals surface area contributed by atoms with Crippen molar-refractivity contribution in [3.05, 3.63) is 51.9 Å². The number of rotatable bonds is 6. The molecule has 0 fully saturated rings. The second kappa shape index (κ2) is 7.49. The zero-order valence-electron chi connectivity index (χ0n) is 10.8. The number of carbonyl (C=O) groups is 2. The van der Waals surface area contributed by atoms with Gasteiger partial charge in [-0.15, -0.1) is 23.1 Å². The molecule has 21 heavy (non-hydrogen) atoms. The standard InChI is InChI=1S/C14H12ClNO3S2/c15-10-3-1-2-9(6-10)7-20-8-12(17)16-13-5-4-11(21-13)14(18)19/h1-6H,7-8H2,(H,16,17)(H,18,19). The maximum Gasteiger partial charge on any atom is 0.345 e. The second-order valence-electron chi connectivity index (χ2n) is 4.14. The predicted octanol–water partition coefficient (Wildman–Crippen LogP) is 3.97. The van der Waals surface area contributed by atoms with E-state index in [4.69, 9.17) is 16.7 Å². The van der Waals surface area contributed by atoms with Gasteiger partial charge in [-0.1, -0.05) is 23.7 Å². The Kier molecular flexibility index (Phi) is 5.67. The van der Waals surface area contributed by atoms with Crippen LogP contribution in [-0.2, 0) is 10.5 Å². The number of aromatic carboxylic acids is 1. The first-order valence-electron chi connectivity index (χ1n) is 6.00. The van der Waals surface area contributed by atoms with Gasteiger partial charge in [-0.25, -0.2) is 4.79 Å². The number of anilines is 1. The van der Waals surface area contributed by atoms with Crippen LogP contribution in [0, 0.1) is 0 Å². The molecule has 0 aliphatic rings. The van der Waals surface area contributed by atoms with Crippen molar-refractivity contribution in [1.29, 1.82) is 0 Å².